The van der Waals surface area contributed by atoms with Crippen molar-refractivity contribution < 1.29 is 4.74 Å². The molecule has 1 aromatic carbocycles. The van der Waals surface area contributed by atoms with Crippen LogP contribution in [-0.2, 0) is 11.3 Å². The monoisotopic (exact) mass is 222 g/mol. The predicted molar refractivity (Wildman–Crippen MR) is 67.2 cm³/mol. The van der Waals surface area contributed by atoms with Crippen molar-refractivity contribution in [1.82, 2.24) is 4.90 Å². The molecule has 1 aromatic rings. The zero-order valence-electron chi connectivity index (χ0n) is 10.4. The molecule has 0 fully saturated rings. The molecule has 0 aliphatic rings. The summed E-state index contributed by atoms with van der Waals surface area (Å²) in [5, 5.41) is 0. The highest BCUT2D eigenvalue weighted by atomic mass is 16.5. The van der Waals surface area contributed by atoms with Crippen LogP contribution in [0.25, 0.3) is 0 Å². The van der Waals surface area contributed by atoms with Gasteiger partial charge >= 0.3 is 0 Å². The van der Waals surface area contributed by atoms with E-state index in [9.17, 15) is 0 Å². The van der Waals surface area contributed by atoms with Crippen molar-refractivity contribution in [3.63, 3.8) is 0 Å². The Hall–Kier alpha value is -0.900. The molecule has 0 saturated heterocycles. The topological polar surface area (TPSA) is 38.5 Å². The lowest BCUT2D eigenvalue weighted by Gasteiger charge is -2.29. The minimum absolute atomic E-state index is 0.293. The van der Waals surface area contributed by atoms with Crippen molar-refractivity contribution in [3.8, 4) is 0 Å². The molecule has 0 amide bonds. The van der Waals surface area contributed by atoms with Gasteiger partial charge in [0.05, 0.1) is 6.61 Å². The summed E-state index contributed by atoms with van der Waals surface area (Å²) in [5.74, 6) is 0. The number of nitrogens with two attached hydrogens (primary N) is 1. The van der Waals surface area contributed by atoms with E-state index in [1.54, 1.807) is 7.11 Å². The van der Waals surface area contributed by atoms with Gasteiger partial charge in [-0.2, -0.15) is 0 Å². The normalized spacial score (nSPS) is 15.1. The van der Waals surface area contributed by atoms with Crippen LogP contribution in [0, 0.1) is 0 Å². The first-order valence-electron chi connectivity index (χ1n) is 5.54. The molecule has 1 rings (SSSR count). The Bertz CT molecular complexity index is 298. The highest BCUT2D eigenvalue weighted by molar-refractivity contribution is 5.14. The second-order valence-corrected chi connectivity index (χ2v) is 4.74. The van der Waals surface area contributed by atoms with Crippen molar-refractivity contribution in [2.45, 2.75) is 19.0 Å². The molecule has 1 atom stereocenters. The smallest absolute Gasteiger partial charge is 0.0652 e. The Balaban J connectivity index is 2.44. The summed E-state index contributed by atoms with van der Waals surface area (Å²) in [6, 6.07) is 10.4. The summed E-state index contributed by atoms with van der Waals surface area (Å²) >= 11 is 0. The van der Waals surface area contributed by atoms with E-state index in [1.165, 1.54) is 5.56 Å². The fourth-order valence-corrected chi connectivity index (χ4v) is 1.94. The van der Waals surface area contributed by atoms with Crippen LogP contribution in [0.3, 0.4) is 0 Å². The van der Waals surface area contributed by atoms with E-state index in [2.05, 4.69) is 36.2 Å². The molecule has 0 radical (unpaired) electrons. The molecule has 3 heteroatoms. The number of nitrogens with zero attached hydrogens (tertiary/aromatic N) is 1. The predicted octanol–water partition coefficient (Wildman–Crippen LogP) is 1.48. The van der Waals surface area contributed by atoms with Crippen molar-refractivity contribution in [1.29, 1.82) is 0 Å². The highest BCUT2D eigenvalue weighted by Gasteiger charge is 2.20. The lowest BCUT2D eigenvalue weighted by Crippen LogP contribution is -2.49. The van der Waals surface area contributed by atoms with Gasteiger partial charge in [0.2, 0.25) is 0 Å². The van der Waals surface area contributed by atoms with E-state index in [0.717, 1.165) is 13.1 Å². The maximum atomic E-state index is 6.12. The first-order valence-corrected chi connectivity index (χ1v) is 5.54. The molecule has 0 heterocycles. The lowest BCUT2D eigenvalue weighted by atomic mass is 10.0. The van der Waals surface area contributed by atoms with Gasteiger partial charge < -0.3 is 15.4 Å². The van der Waals surface area contributed by atoms with Crippen LogP contribution in [0.5, 0.6) is 0 Å². The van der Waals surface area contributed by atoms with Crippen molar-refractivity contribution in [2.24, 2.45) is 5.73 Å². The Morgan fingerprint density at radius 2 is 1.94 bits per heavy atom. The minimum Gasteiger partial charge on any atom is -0.383 e. The number of rotatable bonds is 6. The fraction of sp³-hybridized carbons (Fsp3) is 0.538. The minimum atomic E-state index is -0.293. The molecule has 0 saturated carbocycles. The summed E-state index contributed by atoms with van der Waals surface area (Å²) in [6.07, 6.45) is 0. The zero-order valence-corrected chi connectivity index (χ0v) is 10.4. The van der Waals surface area contributed by atoms with Crippen molar-refractivity contribution in [3.05, 3.63) is 35.9 Å². The van der Waals surface area contributed by atoms with E-state index in [4.69, 9.17) is 10.5 Å². The van der Waals surface area contributed by atoms with Crippen LogP contribution in [0.1, 0.15) is 12.5 Å². The largest absolute Gasteiger partial charge is 0.383 e. The van der Waals surface area contributed by atoms with Crippen LogP contribution in [0.15, 0.2) is 30.3 Å². The fourth-order valence-electron chi connectivity index (χ4n) is 1.94. The third-order valence-electron chi connectivity index (χ3n) is 2.40. The first-order chi connectivity index (χ1) is 7.53. The maximum absolute atomic E-state index is 6.12. The average molecular weight is 222 g/mol. The van der Waals surface area contributed by atoms with Gasteiger partial charge in [-0.1, -0.05) is 30.3 Å². The zero-order chi connectivity index (χ0) is 12.0. The van der Waals surface area contributed by atoms with Crippen LogP contribution in [0.4, 0.5) is 0 Å². The summed E-state index contributed by atoms with van der Waals surface area (Å²) in [6.45, 7) is 4.32. The van der Waals surface area contributed by atoms with Crippen molar-refractivity contribution in [2.75, 3.05) is 27.3 Å². The average Bonchev–Trinajstić information content (AvgIpc) is 2.17. The Morgan fingerprint density at radius 3 is 2.50 bits per heavy atom. The van der Waals surface area contributed by atoms with E-state index in [1.807, 2.05) is 13.0 Å². The number of likely N-dealkylation sites (N-methyl/N-ethyl adjacent to an activating group) is 1. The lowest BCUT2D eigenvalue weighted by molar-refractivity contribution is 0.115. The first kappa shape index (κ1) is 13.2. The summed E-state index contributed by atoms with van der Waals surface area (Å²) in [4.78, 5) is 2.22. The van der Waals surface area contributed by atoms with E-state index in [0.29, 0.717) is 6.61 Å². The summed E-state index contributed by atoms with van der Waals surface area (Å²) in [5.41, 5.74) is 7.13. The molecule has 16 heavy (non-hydrogen) atoms. The summed E-state index contributed by atoms with van der Waals surface area (Å²) in [7, 11) is 3.76. The molecule has 0 aromatic heterocycles. The molecular formula is C13H22N2O. The van der Waals surface area contributed by atoms with Gasteiger partial charge in [-0.15, -0.1) is 0 Å². The van der Waals surface area contributed by atoms with E-state index < -0.39 is 0 Å². The number of ether oxygens (including phenoxy) is 1. The number of hydrogen-bond donors (Lipinski definition) is 1. The maximum Gasteiger partial charge on any atom is 0.0652 e. The van der Waals surface area contributed by atoms with Gasteiger partial charge in [0, 0.05) is 25.7 Å². The molecule has 0 aliphatic carbocycles. The van der Waals surface area contributed by atoms with Gasteiger partial charge in [0.1, 0.15) is 0 Å². The van der Waals surface area contributed by atoms with Crippen LogP contribution in [0.2, 0.25) is 0 Å². The van der Waals surface area contributed by atoms with Crippen LogP contribution >= 0.6 is 0 Å². The van der Waals surface area contributed by atoms with Crippen molar-refractivity contribution >= 4 is 0 Å². The van der Waals surface area contributed by atoms with E-state index in [-0.39, 0.29) is 5.54 Å². The third kappa shape index (κ3) is 4.75. The number of benzene rings is 1. The number of methoxy groups -OCH3 is 1. The molecule has 90 valence electrons. The van der Waals surface area contributed by atoms with Gasteiger partial charge in [-0.3, -0.25) is 0 Å². The second-order valence-electron chi connectivity index (χ2n) is 4.74. The van der Waals surface area contributed by atoms with Gasteiger partial charge in [0.25, 0.3) is 0 Å². The Kier molecular flexibility index (Phi) is 4.93. The Labute approximate surface area is 98.2 Å². The Morgan fingerprint density at radius 1 is 1.31 bits per heavy atom. The SMILES string of the molecule is COCC(C)(N)CN(C)Cc1ccccc1. The van der Waals surface area contributed by atoms with Gasteiger partial charge in [0.15, 0.2) is 0 Å². The third-order valence-corrected chi connectivity index (χ3v) is 2.40. The highest BCUT2D eigenvalue weighted by Crippen LogP contribution is 2.07. The van der Waals surface area contributed by atoms with Crippen LogP contribution in [-0.4, -0.2) is 37.7 Å². The molecule has 2 N–H and O–H groups in total. The van der Waals surface area contributed by atoms with Gasteiger partial charge in [-0.05, 0) is 19.5 Å². The molecule has 0 aliphatic heterocycles. The standard InChI is InChI=1S/C13H22N2O/c1-13(14,11-16-3)10-15(2)9-12-7-5-4-6-8-12/h4-8H,9-11,14H2,1-3H3. The second kappa shape index (κ2) is 5.99. The quantitative estimate of drug-likeness (QED) is 0.792. The van der Waals surface area contributed by atoms with Gasteiger partial charge in [-0.25, -0.2) is 0 Å². The van der Waals surface area contributed by atoms with E-state index >= 15 is 0 Å². The molecule has 3 nitrogen and oxygen atoms in total. The molecule has 0 spiro atoms. The molecule has 1 unspecified atom stereocenters. The number of hydrogen-bond acceptors (Lipinski definition) is 3. The summed E-state index contributed by atoms with van der Waals surface area (Å²) < 4.78 is 5.11. The van der Waals surface area contributed by atoms with Crippen LogP contribution < -0.4 is 5.73 Å². The molecular weight excluding hydrogens is 200 g/mol. The molecule has 0 bridgehead atoms.